The van der Waals surface area contributed by atoms with Crippen LogP contribution in [0.25, 0.3) is 0 Å². The molecule has 0 bridgehead atoms. The molecule has 0 radical (unpaired) electrons. The number of ketones is 1. The van der Waals surface area contributed by atoms with Gasteiger partial charge in [0.2, 0.25) is 5.91 Å². The van der Waals surface area contributed by atoms with E-state index in [9.17, 15) is 9.59 Å². The molecule has 15 heavy (non-hydrogen) atoms. The summed E-state index contributed by atoms with van der Waals surface area (Å²) in [5, 5.41) is 4.90. The molecule has 0 aromatic carbocycles. The van der Waals surface area contributed by atoms with Crippen LogP contribution in [0.15, 0.2) is 5.38 Å². The first-order valence-corrected chi connectivity index (χ1v) is 5.73. The Morgan fingerprint density at radius 2 is 2.27 bits per heavy atom. The number of hydrogen-bond acceptors (Lipinski definition) is 4. The molecule has 2 atom stereocenters. The summed E-state index contributed by atoms with van der Waals surface area (Å²) in [5.74, 6) is 0.561. The van der Waals surface area contributed by atoms with Gasteiger partial charge in [0.05, 0.1) is 0 Å². The van der Waals surface area contributed by atoms with Gasteiger partial charge in [0.1, 0.15) is 5.69 Å². The van der Waals surface area contributed by atoms with Crippen LogP contribution in [0.1, 0.15) is 30.8 Å². The number of Topliss-reactive ketones (excluding diaryl/α,β-unsaturated/α-hetero) is 1. The SMILES string of the molecule is CC(=O)c1csc(NC(=O)C2CC2C)n1. The number of thiazole rings is 1. The van der Waals surface area contributed by atoms with Crippen LogP contribution in [0.4, 0.5) is 5.13 Å². The van der Waals surface area contributed by atoms with E-state index in [4.69, 9.17) is 0 Å². The van der Waals surface area contributed by atoms with Crippen molar-refractivity contribution in [3.05, 3.63) is 11.1 Å². The van der Waals surface area contributed by atoms with Crippen LogP contribution in [0.5, 0.6) is 0 Å². The van der Waals surface area contributed by atoms with Crippen molar-refractivity contribution in [2.24, 2.45) is 11.8 Å². The zero-order valence-electron chi connectivity index (χ0n) is 8.61. The molecule has 1 fully saturated rings. The van der Waals surface area contributed by atoms with E-state index in [0.29, 0.717) is 16.7 Å². The third-order valence-electron chi connectivity index (χ3n) is 2.54. The Balaban J connectivity index is 1.98. The highest BCUT2D eigenvalue weighted by atomic mass is 32.1. The van der Waals surface area contributed by atoms with Crippen LogP contribution in [0, 0.1) is 11.8 Å². The first-order chi connectivity index (χ1) is 7.08. The third kappa shape index (κ3) is 2.23. The van der Waals surface area contributed by atoms with E-state index in [1.54, 1.807) is 5.38 Å². The van der Waals surface area contributed by atoms with Gasteiger partial charge in [0, 0.05) is 18.2 Å². The number of amides is 1. The lowest BCUT2D eigenvalue weighted by Gasteiger charge is -1.98. The van der Waals surface area contributed by atoms with Crippen LogP contribution in [-0.4, -0.2) is 16.7 Å². The van der Waals surface area contributed by atoms with Crippen molar-refractivity contribution in [2.45, 2.75) is 20.3 Å². The highest BCUT2D eigenvalue weighted by Gasteiger charge is 2.39. The number of hydrogen-bond donors (Lipinski definition) is 1. The van der Waals surface area contributed by atoms with E-state index in [0.717, 1.165) is 6.42 Å². The molecule has 1 aromatic heterocycles. The van der Waals surface area contributed by atoms with Gasteiger partial charge in [0.15, 0.2) is 10.9 Å². The van der Waals surface area contributed by atoms with Crippen molar-refractivity contribution in [3.63, 3.8) is 0 Å². The Morgan fingerprint density at radius 1 is 1.60 bits per heavy atom. The summed E-state index contributed by atoms with van der Waals surface area (Å²) >= 11 is 1.29. The molecule has 0 saturated heterocycles. The van der Waals surface area contributed by atoms with Gasteiger partial charge in [-0.25, -0.2) is 4.98 Å². The molecule has 80 valence electrons. The van der Waals surface area contributed by atoms with Crippen LogP contribution < -0.4 is 5.32 Å². The maximum absolute atomic E-state index is 11.5. The van der Waals surface area contributed by atoms with Gasteiger partial charge in [-0.05, 0) is 12.3 Å². The molecule has 1 saturated carbocycles. The molecule has 0 spiro atoms. The van der Waals surface area contributed by atoms with Crippen molar-refractivity contribution in [1.29, 1.82) is 0 Å². The van der Waals surface area contributed by atoms with E-state index in [1.807, 2.05) is 6.92 Å². The fraction of sp³-hybridized carbons (Fsp3) is 0.500. The monoisotopic (exact) mass is 224 g/mol. The van der Waals surface area contributed by atoms with Crippen molar-refractivity contribution >= 4 is 28.2 Å². The summed E-state index contributed by atoms with van der Waals surface area (Å²) in [6, 6.07) is 0. The Kier molecular flexibility index (Phi) is 2.56. The molecule has 1 aromatic rings. The molecule has 1 heterocycles. The van der Waals surface area contributed by atoms with Gasteiger partial charge in [0.25, 0.3) is 0 Å². The molecule has 2 unspecified atom stereocenters. The van der Waals surface area contributed by atoms with Crippen LogP contribution >= 0.6 is 11.3 Å². The second kappa shape index (κ2) is 3.73. The van der Waals surface area contributed by atoms with Gasteiger partial charge in [-0.1, -0.05) is 6.92 Å². The Hall–Kier alpha value is -1.23. The van der Waals surface area contributed by atoms with E-state index in [1.165, 1.54) is 18.3 Å². The van der Waals surface area contributed by atoms with Gasteiger partial charge in [-0.15, -0.1) is 11.3 Å². The molecule has 0 aliphatic heterocycles. The van der Waals surface area contributed by atoms with Crippen molar-refractivity contribution in [2.75, 3.05) is 5.32 Å². The number of carbonyl (C=O) groups is 2. The number of carbonyl (C=O) groups excluding carboxylic acids is 2. The van der Waals surface area contributed by atoms with Gasteiger partial charge < -0.3 is 5.32 Å². The van der Waals surface area contributed by atoms with Crippen LogP contribution in [-0.2, 0) is 4.79 Å². The predicted molar refractivity (Wildman–Crippen MR) is 58.0 cm³/mol. The summed E-state index contributed by atoms with van der Waals surface area (Å²) in [5.41, 5.74) is 0.416. The average Bonchev–Trinajstić information content (AvgIpc) is 2.73. The number of nitrogens with one attached hydrogen (secondary N) is 1. The zero-order valence-corrected chi connectivity index (χ0v) is 9.43. The van der Waals surface area contributed by atoms with E-state index in [-0.39, 0.29) is 17.6 Å². The predicted octanol–water partition coefficient (Wildman–Crippen LogP) is 1.94. The molecule has 1 amide bonds. The molecule has 1 aliphatic carbocycles. The van der Waals surface area contributed by atoms with Gasteiger partial charge in [-0.2, -0.15) is 0 Å². The summed E-state index contributed by atoms with van der Waals surface area (Å²) in [4.78, 5) is 26.5. The molecule has 5 heteroatoms. The fourth-order valence-electron chi connectivity index (χ4n) is 1.38. The Morgan fingerprint density at radius 3 is 2.73 bits per heavy atom. The fourth-order valence-corrected chi connectivity index (χ4v) is 2.13. The summed E-state index contributed by atoms with van der Waals surface area (Å²) in [6.45, 7) is 3.51. The van der Waals surface area contributed by atoms with E-state index in [2.05, 4.69) is 10.3 Å². The smallest absolute Gasteiger partial charge is 0.229 e. The Labute approximate surface area is 91.7 Å². The quantitative estimate of drug-likeness (QED) is 0.798. The van der Waals surface area contributed by atoms with Crippen molar-refractivity contribution in [1.82, 2.24) is 4.98 Å². The Bertz CT molecular complexity index is 413. The van der Waals surface area contributed by atoms with Gasteiger partial charge >= 0.3 is 0 Å². The zero-order chi connectivity index (χ0) is 11.0. The largest absolute Gasteiger partial charge is 0.302 e. The molecule has 1 aliphatic rings. The lowest BCUT2D eigenvalue weighted by Crippen LogP contribution is -2.14. The first kappa shape index (κ1) is 10.3. The second-order valence-corrected chi connectivity index (χ2v) is 4.76. The lowest BCUT2D eigenvalue weighted by atomic mass is 10.3. The third-order valence-corrected chi connectivity index (χ3v) is 3.30. The maximum Gasteiger partial charge on any atom is 0.229 e. The lowest BCUT2D eigenvalue weighted by molar-refractivity contribution is -0.117. The minimum absolute atomic E-state index is 0.0203. The molecule has 1 N–H and O–H groups in total. The number of anilines is 1. The van der Waals surface area contributed by atoms with Crippen LogP contribution in [0.3, 0.4) is 0 Å². The number of aromatic nitrogens is 1. The number of nitrogens with zero attached hydrogens (tertiary/aromatic N) is 1. The summed E-state index contributed by atoms with van der Waals surface area (Å²) < 4.78 is 0. The topological polar surface area (TPSA) is 59.1 Å². The molecule has 4 nitrogen and oxygen atoms in total. The normalized spacial score (nSPS) is 23.6. The summed E-state index contributed by atoms with van der Waals surface area (Å²) in [6.07, 6.45) is 0.955. The van der Waals surface area contributed by atoms with Crippen molar-refractivity contribution in [3.8, 4) is 0 Å². The molecule has 2 rings (SSSR count). The molecular weight excluding hydrogens is 212 g/mol. The van der Waals surface area contributed by atoms with Crippen molar-refractivity contribution < 1.29 is 9.59 Å². The standard InChI is InChI=1S/C10H12N2O2S/c1-5-3-7(5)9(14)12-10-11-8(4-15-10)6(2)13/h4-5,7H,3H2,1-2H3,(H,11,12,14). The maximum atomic E-state index is 11.5. The highest BCUT2D eigenvalue weighted by molar-refractivity contribution is 7.14. The van der Waals surface area contributed by atoms with Crippen LogP contribution in [0.2, 0.25) is 0 Å². The minimum atomic E-state index is -0.0773. The first-order valence-electron chi connectivity index (χ1n) is 4.85. The average molecular weight is 224 g/mol. The minimum Gasteiger partial charge on any atom is -0.302 e. The molecular formula is C10H12N2O2S. The van der Waals surface area contributed by atoms with E-state index >= 15 is 0 Å². The number of rotatable bonds is 3. The van der Waals surface area contributed by atoms with E-state index < -0.39 is 0 Å². The highest BCUT2D eigenvalue weighted by Crippen LogP contribution is 2.38. The van der Waals surface area contributed by atoms with Gasteiger partial charge in [-0.3, -0.25) is 9.59 Å². The second-order valence-electron chi connectivity index (χ2n) is 3.90. The summed E-state index contributed by atoms with van der Waals surface area (Å²) in [7, 11) is 0.